The Labute approximate surface area is 83.6 Å². The summed E-state index contributed by atoms with van der Waals surface area (Å²) in [6.07, 6.45) is 0. The van der Waals surface area contributed by atoms with Gasteiger partial charge in [-0.25, -0.2) is 0 Å². The van der Waals surface area contributed by atoms with E-state index in [0.29, 0.717) is 18.9 Å². The van der Waals surface area contributed by atoms with Gasteiger partial charge in [0.25, 0.3) is 0 Å². The highest BCUT2D eigenvalue weighted by Crippen LogP contribution is 1.99. The smallest absolute Gasteiger partial charge is 0.230 e. The van der Waals surface area contributed by atoms with Crippen LogP contribution in [0.5, 0.6) is 0 Å². The minimum Gasteiger partial charge on any atom is -0.383 e. The average Bonchev–Trinajstić information content (AvgIpc) is 2.04. The van der Waals surface area contributed by atoms with Gasteiger partial charge in [-0.05, 0) is 6.92 Å². The summed E-state index contributed by atoms with van der Waals surface area (Å²) in [5.74, 6) is 1.34. The van der Waals surface area contributed by atoms with Crippen LogP contribution in [0.1, 0.15) is 6.92 Å². The highest BCUT2D eigenvalue weighted by atomic mass is 32.2. The van der Waals surface area contributed by atoms with Crippen molar-refractivity contribution in [3.05, 3.63) is 0 Å². The first-order chi connectivity index (χ1) is 6.16. The van der Waals surface area contributed by atoms with Crippen molar-refractivity contribution in [3.63, 3.8) is 0 Å². The first-order valence-electron chi connectivity index (χ1n) is 4.25. The molecular weight excluding hydrogens is 188 g/mol. The van der Waals surface area contributed by atoms with Crippen molar-refractivity contribution in [2.45, 2.75) is 13.0 Å². The van der Waals surface area contributed by atoms with Crippen molar-refractivity contribution in [2.75, 3.05) is 31.8 Å². The Kier molecular flexibility index (Phi) is 8.18. The second-order valence-corrected chi connectivity index (χ2v) is 3.87. The van der Waals surface area contributed by atoms with Crippen molar-refractivity contribution < 1.29 is 9.53 Å². The minimum atomic E-state index is 0.0442. The molecule has 0 spiro atoms. The third-order valence-electron chi connectivity index (χ3n) is 1.24. The molecule has 1 amide bonds. The normalized spacial score (nSPS) is 12.5. The molecule has 13 heavy (non-hydrogen) atoms. The molecular formula is C8H18N2O2S. The molecule has 0 rings (SSSR count). The van der Waals surface area contributed by atoms with Crippen LogP contribution in [0.25, 0.3) is 0 Å². The van der Waals surface area contributed by atoms with Crippen LogP contribution in [0.4, 0.5) is 0 Å². The molecule has 1 atom stereocenters. The number of carbonyl (C=O) groups excluding carboxylic acids is 1. The number of methoxy groups -OCH3 is 1. The maximum absolute atomic E-state index is 11.1. The summed E-state index contributed by atoms with van der Waals surface area (Å²) in [7, 11) is 1.61. The number of amides is 1. The maximum atomic E-state index is 11.1. The van der Waals surface area contributed by atoms with Crippen LogP contribution in [0.15, 0.2) is 0 Å². The van der Waals surface area contributed by atoms with Crippen molar-refractivity contribution in [3.8, 4) is 0 Å². The molecule has 0 aliphatic carbocycles. The Hall–Kier alpha value is -0.260. The number of rotatable bonds is 7. The van der Waals surface area contributed by atoms with Gasteiger partial charge in [0, 0.05) is 25.4 Å². The maximum Gasteiger partial charge on any atom is 0.230 e. The van der Waals surface area contributed by atoms with E-state index in [1.807, 2.05) is 6.92 Å². The predicted octanol–water partition coefficient (Wildman–Crippen LogP) is -0.171. The van der Waals surface area contributed by atoms with E-state index >= 15 is 0 Å². The minimum absolute atomic E-state index is 0.0442. The van der Waals surface area contributed by atoms with E-state index in [0.717, 1.165) is 5.75 Å². The zero-order valence-corrected chi connectivity index (χ0v) is 9.02. The molecule has 0 bridgehead atoms. The standard InChI is InChI=1S/C8H18N2O2S/c1-7(9)5-13-6-8(11)10-3-4-12-2/h7H,3-6,9H2,1-2H3,(H,10,11). The topological polar surface area (TPSA) is 64.3 Å². The van der Waals surface area contributed by atoms with E-state index in [1.165, 1.54) is 0 Å². The van der Waals surface area contributed by atoms with Crippen LogP contribution in [-0.4, -0.2) is 43.7 Å². The lowest BCUT2D eigenvalue weighted by Gasteiger charge is -2.05. The molecule has 0 heterocycles. The van der Waals surface area contributed by atoms with Gasteiger partial charge in [0.15, 0.2) is 0 Å². The van der Waals surface area contributed by atoms with E-state index in [4.69, 9.17) is 10.5 Å². The molecule has 0 aliphatic heterocycles. The summed E-state index contributed by atoms with van der Waals surface area (Å²) in [5, 5.41) is 2.73. The molecule has 0 aromatic carbocycles. The van der Waals surface area contributed by atoms with Gasteiger partial charge in [-0.3, -0.25) is 4.79 Å². The molecule has 3 N–H and O–H groups in total. The zero-order valence-electron chi connectivity index (χ0n) is 8.21. The summed E-state index contributed by atoms with van der Waals surface area (Å²) >= 11 is 1.55. The molecule has 78 valence electrons. The Balaban J connectivity index is 3.20. The summed E-state index contributed by atoms with van der Waals surface area (Å²) in [6, 6.07) is 0.150. The number of hydrogen-bond acceptors (Lipinski definition) is 4. The fourth-order valence-corrected chi connectivity index (χ4v) is 1.46. The zero-order chi connectivity index (χ0) is 10.1. The molecule has 0 radical (unpaired) electrons. The second kappa shape index (κ2) is 8.34. The van der Waals surface area contributed by atoms with Gasteiger partial charge in [-0.15, -0.1) is 0 Å². The fraction of sp³-hybridized carbons (Fsp3) is 0.875. The number of nitrogens with one attached hydrogen (secondary N) is 1. The van der Waals surface area contributed by atoms with Crippen molar-refractivity contribution in [2.24, 2.45) is 5.73 Å². The van der Waals surface area contributed by atoms with Crippen molar-refractivity contribution >= 4 is 17.7 Å². The summed E-state index contributed by atoms with van der Waals surface area (Å²) < 4.78 is 4.79. The van der Waals surface area contributed by atoms with Gasteiger partial charge in [0.2, 0.25) is 5.91 Å². The summed E-state index contributed by atoms with van der Waals surface area (Å²) in [5.41, 5.74) is 5.53. The quantitative estimate of drug-likeness (QED) is 0.568. The van der Waals surface area contributed by atoms with Crippen LogP contribution in [0, 0.1) is 0 Å². The van der Waals surface area contributed by atoms with Gasteiger partial charge in [-0.2, -0.15) is 11.8 Å². The SMILES string of the molecule is COCCNC(=O)CSCC(C)N. The Morgan fingerprint density at radius 3 is 2.92 bits per heavy atom. The van der Waals surface area contributed by atoms with Crippen molar-refractivity contribution in [1.82, 2.24) is 5.32 Å². The van der Waals surface area contributed by atoms with E-state index < -0.39 is 0 Å². The van der Waals surface area contributed by atoms with E-state index in [1.54, 1.807) is 18.9 Å². The summed E-state index contributed by atoms with van der Waals surface area (Å²) in [6.45, 7) is 3.06. The molecule has 0 saturated heterocycles. The second-order valence-electron chi connectivity index (χ2n) is 2.84. The lowest BCUT2D eigenvalue weighted by atomic mass is 10.4. The van der Waals surface area contributed by atoms with Gasteiger partial charge < -0.3 is 15.8 Å². The summed E-state index contributed by atoms with van der Waals surface area (Å²) in [4.78, 5) is 11.1. The van der Waals surface area contributed by atoms with E-state index in [2.05, 4.69) is 5.32 Å². The molecule has 0 aromatic heterocycles. The van der Waals surface area contributed by atoms with Gasteiger partial charge in [0.05, 0.1) is 12.4 Å². The number of carbonyl (C=O) groups is 1. The number of hydrogen-bond donors (Lipinski definition) is 2. The fourth-order valence-electron chi connectivity index (χ4n) is 0.681. The van der Waals surface area contributed by atoms with Crippen LogP contribution < -0.4 is 11.1 Å². The monoisotopic (exact) mass is 206 g/mol. The van der Waals surface area contributed by atoms with Crippen LogP contribution in [0.2, 0.25) is 0 Å². The Morgan fingerprint density at radius 2 is 2.38 bits per heavy atom. The van der Waals surface area contributed by atoms with Gasteiger partial charge in [-0.1, -0.05) is 0 Å². The van der Waals surface area contributed by atoms with Gasteiger partial charge >= 0.3 is 0 Å². The van der Waals surface area contributed by atoms with Crippen LogP contribution in [0.3, 0.4) is 0 Å². The number of ether oxygens (including phenoxy) is 1. The van der Waals surface area contributed by atoms with E-state index in [9.17, 15) is 4.79 Å². The van der Waals surface area contributed by atoms with Crippen LogP contribution >= 0.6 is 11.8 Å². The molecule has 0 aromatic rings. The number of thioether (sulfide) groups is 1. The molecule has 0 fully saturated rings. The Bertz CT molecular complexity index is 142. The highest BCUT2D eigenvalue weighted by molar-refractivity contribution is 7.99. The molecule has 0 saturated carbocycles. The van der Waals surface area contributed by atoms with Crippen LogP contribution in [-0.2, 0) is 9.53 Å². The predicted molar refractivity (Wildman–Crippen MR) is 55.9 cm³/mol. The molecule has 0 aliphatic rings. The first-order valence-corrected chi connectivity index (χ1v) is 5.41. The third-order valence-corrected chi connectivity index (χ3v) is 2.47. The first kappa shape index (κ1) is 12.7. The lowest BCUT2D eigenvalue weighted by Crippen LogP contribution is -2.29. The molecule has 5 heteroatoms. The van der Waals surface area contributed by atoms with Gasteiger partial charge in [0.1, 0.15) is 0 Å². The Morgan fingerprint density at radius 1 is 1.69 bits per heavy atom. The molecule has 1 unspecified atom stereocenters. The average molecular weight is 206 g/mol. The third kappa shape index (κ3) is 9.66. The highest BCUT2D eigenvalue weighted by Gasteiger charge is 2.01. The molecule has 4 nitrogen and oxygen atoms in total. The van der Waals surface area contributed by atoms with E-state index in [-0.39, 0.29) is 11.9 Å². The number of nitrogens with two attached hydrogens (primary N) is 1. The van der Waals surface area contributed by atoms with Crippen molar-refractivity contribution in [1.29, 1.82) is 0 Å². The lowest BCUT2D eigenvalue weighted by molar-refractivity contribution is -0.118. The largest absolute Gasteiger partial charge is 0.383 e.